The summed E-state index contributed by atoms with van der Waals surface area (Å²) < 4.78 is 13.7. The van der Waals surface area contributed by atoms with Crippen LogP contribution in [0.5, 0.6) is 5.75 Å². The molecule has 2 N–H and O–H groups in total. The van der Waals surface area contributed by atoms with Crippen molar-refractivity contribution in [2.75, 3.05) is 7.05 Å². The minimum absolute atomic E-state index is 0.0888. The number of hydrogen-bond acceptors (Lipinski definition) is 6. The molecule has 0 aliphatic rings. The lowest BCUT2D eigenvalue weighted by molar-refractivity contribution is -0.126. The molecule has 1 aromatic heterocycles. The van der Waals surface area contributed by atoms with Crippen molar-refractivity contribution < 1.29 is 19.4 Å². The van der Waals surface area contributed by atoms with E-state index >= 15 is 0 Å². The van der Waals surface area contributed by atoms with Crippen LogP contribution in [-0.2, 0) is 11.3 Å². The van der Waals surface area contributed by atoms with Crippen molar-refractivity contribution in [1.82, 2.24) is 9.88 Å². The van der Waals surface area contributed by atoms with E-state index in [1.807, 2.05) is 0 Å². The minimum Gasteiger partial charge on any atom is -0.506 e. The Balaban J connectivity index is 2.39. The maximum absolute atomic E-state index is 13.7. The van der Waals surface area contributed by atoms with Crippen LogP contribution in [0.15, 0.2) is 42.1 Å². The van der Waals surface area contributed by atoms with Crippen LogP contribution in [0.25, 0.3) is 5.76 Å². The third-order valence-electron chi connectivity index (χ3n) is 3.49. The Labute approximate surface area is 148 Å². The summed E-state index contributed by atoms with van der Waals surface area (Å²) in [5.41, 5.74) is -0.758. The second-order valence-electron chi connectivity index (χ2n) is 5.28. The highest BCUT2D eigenvalue weighted by molar-refractivity contribution is 6.03. The van der Waals surface area contributed by atoms with E-state index in [1.54, 1.807) is 36.5 Å². The van der Waals surface area contributed by atoms with Gasteiger partial charge in [-0.3, -0.25) is 9.78 Å². The molecule has 1 aromatic carbocycles. The van der Waals surface area contributed by atoms with Gasteiger partial charge in [-0.15, -0.1) is 0 Å². The Kier molecular flexibility index (Phi) is 5.51. The quantitative estimate of drug-likeness (QED) is 0.494. The second kappa shape index (κ2) is 7.77. The van der Waals surface area contributed by atoms with Gasteiger partial charge < -0.3 is 15.1 Å². The molecule has 8 heteroatoms. The van der Waals surface area contributed by atoms with Crippen molar-refractivity contribution >= 4 is 11.7 Å². The lowest BCUT2D eigenvalue weighted by atomic mass is 10.0. The number of carbonyl (C=O) groups excluding carboxylic acids is 1. The molecule has 0 aliphatic heterocycles. The summed E-state index contributed by atoms with van der Waals surface area (Å²) in [6.45, 7) is 0.0888. The molecule has 0 saturated carbocycles. The molecular weight excluding hydrogens is 339 g/mol. The van der Waals surface area contributed by atoms with E-state index in [0.717, 1.165) is 12.1 Å². The number of nitriles is 2. The average Bonchev–Trinajstić information content (AvgIpc) is 2.64. The van der Waals surface area contributed by atoms with Crippen molar-refractivity contribution in [2.24, 2.45) is 0 Å². The van der Waals surface area contributed by atoms with Crippen LogP contribution in [0.2, 0.25) is 0 Å². The molecule has 0 bridgehead atoms. The van der Waals surface area contributed by atoms with E-state index in [2.05, 4.69) is 4.98 Å². The summed E-state index contributed by atoms with van der Waals surface area (Å²) in [5.74, 6) is -3.62. The van der Waals surface area contributed by atoms with Crippen LogP contribution in [0.4, 0.5) is 4.39 Å². The third kappa shape index (κ3) is 3.77. The Hall–Kier alpha value is -3.91. The normalized spacial score (nSPS) is 11.1. The molecule has 0 atom stereocenters. The van der Waals surface area contributed by atoms with Crippen LogP contribution in [0, 0.1) is 28.5 Å². The molecule has 0 saturated heterocycles. The number of aliphatic hydroxyl groups is 1. The predicted molar refractivity (Wildman–Crippen MR) is 88.7 cm³/mol. The fourth-order valence-corrected chi connectivity index (χ4v) is 2.16. The average molecular weight is 352 g/mol. The lowest BCUT2D eigenvalue weighted by Gasteiger charge is -2.17. The first-order chi connectivity index (χ1) is 12.4. The van der Waals surface area contributed by atoms with Gasteiger partial charge in [0.1, 0.15) is 17.9 Å². The number of nitrogens with zero attached hydrogens (tertiary/aromatic N) is 4. The highest BCUT2D eigenvalue weighted by Crippen LogP contribution is 2.27. The molecule has 1 heterocycles. The monoisotopic (exact) mass is 352 g/mol. The fraction of sp³-hybridized carbons (Fsp3) is 0.111. The van der Waals surface area contributed by atoms with Gasteiger partial charge in [0.2, 0.25) is 0 Å². The van der Waals surface area contributed by atoms with E-state index in [9.17, 15) is 24.7 Å². The topological polar surface area (TPSA) is 121 Å². The van der Waals surface area contributed by atoms with E-state index in [-0.39, 0.29) is 12.1 Å². The second-order valence-corrected chi connectivity index (χ2v) is 5.28. The van der Waals surface area contributed by atoms with Crippen LogP contribution < -0.4 is 0 Å². The van der Waals surface area contributed by atoms with Gasteiger partial charge in [-0.25, -0.2) is 4.39 Å². The molecule has 0 fully saturated rings. The van der Waals surface area contributed by atoms with Crippen molar-refractivity contribution in [3.05, 3.63) is 64.7 Å². The Morgan fingerprint density at radius 1 is 1.35 bits per heavy atom. The molecule has 130 valence electrons. The summed E-state index contributed by atoms with van der Waals surface area (Å²) in [6.07, 6.45) is 1.55. The number of rotatable bonds is 4. The van der Waals surface area contributed by atoms with E-state index in [0.29, 0.717) is 5.69 Å². The molecule has 0 spiro atoms. The summed E-state index contributed by atoms with van der Waals surface area (Å²) in [4.78, 5) is 17.7. The lowest BCUT2D eigenvalue weighted by Crippen LogP contribution is -2.28. The van der Waals surface area contributed by atoms with Gasteiger partial charge >= 0.3 is 0 Å². The van der Waals surface area contributed by atoms with E-state index in [4.69, 9.17) is 5.26 Å². The third-order valence-corrected chi connectivity index (χ3v) is 3.49. The number of likely N-dealkylation sites (N-methyl/N-ethyl adjacent to an activating group) is 1. The van der Waals surface area contributed by atoms with Crippen molar-refractivity contribution in [1.29, 1.82) is 10.5 Å². The minimum atomic E-state index is -1.16. The number of aromatic nitrogens is 1. The van der Waals surface area contributed by atoms with Crippen molar-refractivity contribution in [3.8, 4) is 17.9 Å². The number of phenolic OH excluding ortho intramolecular Hbond substituents is 1. The number of hydrogen-bond donors (Lipinski definition) is 2. The molecule has 2 rings (SSSR count). The molecule has 0 radical (unpaired) electrons. The number of aliphatic hydroxyl groups excluding tert-OH is 1. The Bertz CT molecular complexity index is 959. The predicted octanol–water partition coefficient (Wildman–Crippen LogP) is 2.25. The first-order valence-electron chi connectivity index (χ1n) is 7.30. The number of carbonyl (C=O) groups is 1. The largest absolute Gasteiger partial charge is 0.506 e. The van der Waals surface area contributed by atoms with Gasteiger partial charge in [0.25, 0.3) is 5.91 Å². The number of pyridine rings is 1. The van der Waals surface area contributed by atoms with Gasteiger partial charge in [-0.2, -0.15) is 10.5 Å². The fourth-order valence-electron chi connectivity index (χ4n) is 2.16. The van der Waals surface area contributed by atoms with Crippen molar-refractivity contribution in [2.45, 2.75) is 6.54 Å². The van der Waals surface area contributed by atoms with Crippen LogP contribution in [-0.4, -0.2) is 33.1 Å². The Morgan fingerprint density at radius 2 is 2.08 bits per heavy atom. The molecule has 7 nitrogen and oxygen atoms in total. The molecule has 2 aromatic rings. The summed E-state index contributed by atoms with van der Waals surface area (Å²) >= 11 is 0. The van der Waals surface area contributed by atoms with Crippen LogP contribution in [0.1, 0.15) is 16.8 Å². The van der Waals surface area contributed by atoms with Gasteiger partial charge in [0.05, 0.1) is 17.8 Å². The van der Waals surface area contributed by atoms with Gasteiger partial charge in [0.15, 0.2) is 17.1 Å². The maximum atomic E-state index is 13.7. The van der Waals surface area contributed by atoms with E-state index < -0.39 is 34.4 Å². The number of halogens is 1. The van der Waals surface area contributed by atoms with Gasteiger partial charge in [-0.1, -0.05) is 6.07 Å². The Morgan fingerprint density at radius 3 is 2.65 bits per heavy atom. The summed E-state index contributed by atoms with van der Waals surface area (Å²) in [5, 5.41) is 37.8. The standard InChI is InChI=1S/C18H13FN4O3/c1-23(10-13-4-2-3-5-22-13)18(26)14(9-21)16(24)11-6-12(8-20)17(25)15(19)7-11/h2-7,24-25H,10H2,1H3/b16-14-. The maximum Gasteiger partial charge on any atom is 0.268 e. The summed E-state index contributed by atoms with van der Waals surface area (Å²) in [7, 11) is 1.42. The molecule has 0 aliphatic carbocycles. The number of benzene rings is 1. The smallest absolute Gasteiger partial charge is 0.268 e. The molecule has 26 heavy (non-hydrogen) atoms. The first kappa shape index (κ1) is 18.4. The number of aromatic hydroxyl groups is 1. The van der Waals surface area contributed by atoms with Gasteiger partial charge in [0, 0.05) is 18.8 Å². The SMILES string of the molecule is CN(Cc1ccccn1)C(=O)/C(C#N)=C(\O)c1cc(F)c(O)c(C#N)c1. The van der Waals surface area contributed by atoms with E-state index in [1.165, 1.54) is 11.9 Å². The van der Waals surface area contributed by atoms with Crippen LogP contribution >= 0.6 is 0 Å². The summed E-state index contributed by atoms with van der Waals surface area (Å²) in [6, 6.07) is 10.0. The zero-order valence-electron chi connectivity index (χ0n) is 13.6. The zero-order valence-corrected chi connectivity index (χ0v) is 13.6. The molecular formula is C18H13FN4O3. The number of amides is 1. The molecule has 1 amide bonds. The van der Waals surface area contributed by atoms with Gasteiger partial charge in [-0.05, 0) is 24.3 Å². The van der Waals surface area contributed by atoms with Crippen LogP contribution in [0.3, 0.4) is 0 Å². The highest BCUT2D eigenvalue weighted by Gasteiger charge is 2.22. The molecule has 0 unspecified atom stereocenters. The first-order valence-corrected chi connectivity index (χ1v) is 7.30. The number of phenols is 1. The zero-order chi connectivity index (χ0) is 19.3. The highest BCUT2D eigenvalue weighted by atomic mass is 19.1. The van der Waals surface area contributed by atoms with Crippen molar-refractivity contribution in [3.63, 3.8) is 0 Å².